The van der Waals surface area contributed by atoms with Gasteiger partial charge in [0.05, 0.1) is 11.4 Å². The van der Waals surface area contributed by atoms with Crippen molar-refractivity contribution in [2.45, 2.75) is 32.6 Å². The Bertz CT molecular complexity index is 827. The van der Waals surface area contributed by atoms with Crippen LogP contribution in [0.25, 0.3) is 0 Å². The van der Waals surface area contributed by atoms with Gasteiger partial charge in [0, 0.05) is 48.9 Å². The van der Waals surface area contributed by atoms with E-state index >= 15 is 0 Å². The molecule has 1 saturated heterocycles. The van der Waals surface area contributed by atoms with Crippen molar-refractivity contribution in [3.8, 4) is 0 Å². The van der Waals surface area contributed by atoms with Crippen LogP contribution in [-0.4, -0.2) is 64.4 Å². The number of amides is 1. The van der Waals surface area contributed by atoms with Gasteiger partial charge in [0.2, 0.25) is 5.91 Å². The number of carbonyl (C=O) groups excluding carboxylic acids is 1. The topological polar surface area (TPSA) is 74.2 Å². The lowest BCUT2D eigenvalue weighted by Crippen LogP contribution is -2.38. The molecule has 0 saturated carbocycles. The summed E-state index contributed by atoms with van der Waals surface area (Å²) in [4.78, 5) is 31.3. The molecule has 1 aliphatic rings. The Morgan fingerprint density at radius 2 is 2.14 bits per heavy atom. The van der Waals surface area contributed by atoms with Crippen LogP contribution in [0.5, 0.6) is 0 Å². The Morgan fingerprint density at radius 1 is 1.36 bits per heavy atom. The third-order valence-electron chi connectivity index (χ3n) is 4.83. The Labute approximate surface area is 170 Å². The van der Waals surface area contributed by atoms with Crippen LogP contribution in [0.4, 0.5) is 10.9 Å². The molecule has 0 radical (unpaired) electrons. The van der Waals surface area contributed by atoms with E-state index in [0.717, 1.165) is 48.3 Å². The summed E-state index contributed by atoms with van der Waals surface area (Å²) < 4.78 is 0. The maximum absolute atomic E-state index is 12.5. The average molecular weight is 401 g/mol. The molecular weight excluding hydrogens is 372 g/mol. The molecule has 8 heteroatoms. The van der Waals surface area contributed by atoms with Gasteiger partial charge in [0.25, 0.3) is 0 Å². The van der Waals surface area contributed by atoms with Crippen LogP contribution in [0, 0.1) is 13.8 Å². The minimum Gasteiger partial charge on any atom is -0.338 e. The number of piperidine rings is 1. The fourth-order valence-corrected chi connectivity index (χ4v) is 4.06. The molecule has 1 N–H and O–H groups in total. The smallest absolute Gasteiger partial charge is 0.246 e. The standard InChI is InChI=1S/C20H28N6OS/c1-14-15(2)28-20(23-14)24-19-18(21-9-10-22-19)16-7-5-12-26(13-16)17(27)8-6-11-25(3)4/h6,8-10,16H,5,7,11-13H2,1-4H3,(H,22,23,24)/b8-6+/t16-/m0/s1. The van der Waals surface area contributed by atoms with Crippen LogP contribution in [-0.2, 0) is 4.79 Å². The fraction of sp³-hybridized carbons (Fsp3) is 0.500. The van der Waals surface area contributed by atoms with Crippen molar-refractivity contribution in [3.63, 3.8) is 0 Å². The number of carbonyl (C=O) groups is 1. The largest absolute Gasteiger partial charge is 0.338 e. The van der Waals surface area contributed by atoms with Gasteiger partial charge in [-0.05, 0) is 40.8 Å². The predicted octanol–water partition coefficient (Wildman–Crippen LogP) is 3.12. The van der Waals surface area contributed by atoms with Gasteiger partial charge in [-0.1, -0.05) is 6.08 Å². The summed E-state index contributed by atoms with van der Waals surface area (Å²) in [7, 11) is 3.97. The first-order valence-corrected chi connectivity index (χ1v) is 10.4. The molecule has 0 aromatic carbocycles. The molecule has 0 unspecified atom stereocenters. The summed E-state index contributed by atoms with van der Waals surface area (Å²) in [6.45, 7) is 6.27. The highest BCUT2D eigenvalue weighted by Crippen LogP contribution is 2.32. The first kappa shape index (κ1) is 20.4. The molecule has 0 aliphatic carbocycles. The van der Waals surface area contributed by atoms with Gasteiger partial charge in [0.1, 0.15) is 0 Å². The minimum atomic E-state index is 0.0659. The molecule has 3 heterocycles. The van der Waals surface area contributed by atoms with E-state index in [1.165, 1.54) is 4.88 Å². The first-order chi connectivity index (χ1) is 13.4. The van der Waals surface area contributed by atoms with Gasteiger partial charge in [-0.15, -0.1) is 11.3 Å². The lowest BCUT2D eigenvalue weighted by molar-refractivity contribution is -0.127. The molecule has 1 atom stereocenters. The van der Waals surface area contributed by atoms with Crippen molar-refractivity contribution in [3.05, 3.63) is 40.8 Å². The van der Waals surface area contributed by atoms with E-state index in [1.54, 1.807) is 29.8 Å². The van der Waals surface area contributed by atoms with Crippen LogP contribution in [0.3, 0.4) is 0 Å². The number of thiazole rings is 1. The van der Waals surface area contributed by atoms with E-state index in [2.05, 4.69) is 27.2 Å². The van der Waals surface area contributed by atoms with Crippen molar-refractivity contribution in [1.29, 1.82) is 0 Å². The number of hydrogen-bond acceptors (Lipinski definition) is 7. The SMILES string of the molecule is Cc1nc(Nc2nccnc2[C@H]2CCCN(C(=O)/C=C/CN(C)C)C2)sc1C. The zero-order valence-corrected chi connectivity index (χ0v) is 17.8. The second-order valence-electron chi connectivity index (χ2n) is 7.36. The zero-order valence-electron chi connectivity index (χ0n) is 17.0. The van der Waals surface area contributed by atoms with Crippen LogP contribution in [0.2, 0.25) is 0 Å². The molecule has 1 fully saturated rings. The molecule has 2 aromatic rings. The zero-order chi connectivity index (χ0) is 20.1. The van der Waals surface area contributed by atoms with Crippen LogP contribution < -0.4 is 5.32 Å². The summed E-state index contributed by atoms with van der Waals surface area (Å²) in [5, 5.41) is 4.16. The van der Waals surface area contributed by atoms with Crippen molar-refractivity contribution >= 4 is 28.2 Å². The number of likely N-dealkylation sites (N-methyl/N-ethyl adjacent to an activating group) is 1. The summed E-state index contributed by atoms with van der Waals surface area (Å²) in [5.41, 5.74) is 1.93. The van der Waals surface area contributed by atoms with E-state index in [-0.39, 0.29) is 11.8 Å². The van der Waals surface area contributed by atoms with Gasteiger partial charge in [-0.25, -0.2) is 9.97 Å². The minimum absolute atomic E-state index is 0.0659. The number of hydrogen-bond donors (Lipinski definition) is 1. The number of nitrogens with one attached hydrogen (secondary N) is 1. The van der Waals surface area contributed by atoms with E-state index in [4.69, 9.17) is 0 Å². The molecule has 7 nitrogen and oxygen atoms in total. The highest BCUT2D eigenvalue weighted by molar-refractivity contribution is 7.15. The summed E-state index contributed by atoms with van der Waals surface area (Å²) in [6, 6.07) is 0. The summed E-state index contributed by atoms with van der Waals surface area (Å²) in [6.07, 6.45) is 8.96. The monoisotopic (exact) mass is 400 g/mol. The highest BCUT2D eigenvalue weighted by Gasteiger charge is 2.27. The first-order valence-electron chi connectivity index (χ1n) is 9.56. The lowest BCUT2D eigenvalue weighted by Gasteiger charge is -2.32. The number of nitrogens with zero attached hydrogens (tertiary/aromatic N) is 5. The Morgan fingerprint density at radius 3 is 2.86 bits per heavy atom. The maximum Gasteiger partial charge on any atom is 0.246 e. The van der Waals surface area contributed by atoms with Gasteiger partial charge in [0.15, 0.2) is 10.9 Å². The average Bonchev–Trinajstić information content (AvgIpc) is 2.99. The number of likely N-dealkylation sites (tertiary alicyclic amines) is 1. The molecule has 0 bridgehead atoms. The third-order valence-corrected chi connectivity index (χ3v) is 5.82. The lowest BCUT2D eigenvalue weighted by atomic mass is 9.94. The Balaban J connectivity index is 1.72. The molecule has 1 amide bonds. The van der Waals surface area contributed by atoms with Crippen LogP contribution in [0.15, 0.2) is 24.5 Å². The van der Waals surface area contributed by atoms with Gasteiger partial charge < -0.3 is 15.1 Å². The van der Waals surface area contributed by atoms with E-state index in [1.807, 2.05) is 36.9 Å². The number of aryl methyl sites for hydroxylation is 2. The third kappa shape index (κ3) is 5.14. The molecule has 3 rings (SSSR count). The summed E-state index contributed by atoms with van der Waals surface area (Å²) in [5.74, 6) is 0.966. The number of aromatic nitrogens is 3. The molecule has 2 aromatic heterocycles. The van der Waals surface area contributed by atoms with Crippen molar-refractivity contribution in [1.82, 2.24) is 24.8 Å². The predicted molar refractivity (Wildman–Crippen MR) is 113 cm³/mol. The Kier molecular flexibility index (Phi) is 6.74. The number of rotatable bonds is 6. The Hall–Kier alpha value is -2.32. The second-order valence-corrected chi connectivity index (χ2v) is 8.57. The van der Waals surface area contributed by atoms with Gasteiger partial charge in [-0.3, -0.25) is 9.78 Å². The maximum atomic E-state index is 12.5. The molecule has 28 heavy (non-hydrogen) atoms. The molecule has 0 spiro atoms. The van der Waals surface area contributed by atoms with E-state index < -0.39 is 0 Å². The van der Waals surface area contributed by atoms with Crippen molar-refractivity contribution < 1.29 is 4.79 Å². The quantitative estimate of drug-likeness (QED) is 0.751. The second kappa shape index (κ2) is 9.25. The van der Waals surface area contributed by atoms with Gasteiger partial charge >= 0.3 is 0 Å². The van der Waals surface area contributed by atoms with E-state index in [0.29, 0.717) is 6.54 Å². The van der Waals surface area contributed by atoms with E-state index in [9.17, 15) is 4.79 Å². The normalized spacial score (nSPS) is 17.5. The van der Waals surface area contributed by atoms with Crippen LogP contribution in [0.1, 0.15) is 35.0 Å². The van der Waals surface area contributed by atoms with Crippen molar-refractivity contribution in [2.75, 3.05) is 39.0 Å². The fourth-order valence-electron chi connectivity index (χ4n) is 3.24. The highest BCUT2D eigenvalue weighted by atomic mass is 32.1. The number of anilines is 2. The van der Waals surface area contributed by atoms with Gasteiger partial charge in [-0.2, -0.15) is 0 Å². The van der Waals surface area contributed by atoms with Crippen molar-refractivity contribution in [2.24, 2.45) is 0 Å². The summed E-state index contributed by atoms with van der Waals surface area (Å²) >= 11 is 1.61. The molecular formula is C20H28N6OS. The van der Waals surface area contributed by atoms with Crippen LogP contribution >= 0.6 is 11.3 Å². The molecule has 1 aliphatic heterocycles. The molecule has 150 valence electrons.